The van der Waals surface area contributed by atoms with Crippen molar-refractivity contribution in [2.24, 2.45) is 0 Å². The predicted molar refractivity (Wildman–Crippen MR) is 78.3 cm³/mol. The first-order valence-corrected chi connectivity index (χ1v) is 9.73. The van der Waals surface area contributed by atoms with Gasteiger partial charge in [-0.25, -0.2) is 14.2 Å². The van der Waals surface area contributed by atoms with Gasteiger partial charge >= 0.3 is 45.7 Å². The van der Waals surface area contributed by atoms with Gasteiger partial charge in [-0.15, -0.1) is 22.0 Å². The lowest BCUT2D eigenvalue weighted by Crippen LogP contribution is -2.54. The fourth-order valence-corrected chi connectivity index (χ4v) is 3.52. The van der Waals surface area contributed by atoms with Crippen LogP contribution in [0.25, 0.3) is 0 Å². The van der Waals surface area contributed by atoms with Crippen LogP contribution >= 0.6 is 0 Å². The minimum Gasteiger partial charge on any atom is -0.377 e. The highest BCUT2D eigenvalue weighted by atomic mass is 28.4. The van der Waals surface area contributed by atoms with E-state index in [0.717, 1.165) is 0 Å². The third-order valence-corrected chi connectivity index (χ3v) is 6.05. The Morgan fingerprint density at radius 2 is 1.19 bits per heavy atom. The molecule has 0 atom stereocenters. The third kappa shape index (κ3) is 9.27. The maximum absolute atomic E-state index is 13.4. The van der Waals surface area contributed by atoms with E-state index in [1.807, 2.05) is 4.74 Å². The van der Waals surface area contributed by atoms with Gasteiger partial charge in [-0.2, -0.15) is 26.3 Å². The van der Waals surface area contributed by atoms with E-state index in [1.165, 1.54) is 26.6 Å². The highest BCUT2D eigenvalue weighted by Crippen LogP contribution is 2.44. The van der Waals surface area contributed by atoms with Crippen molar-refractivity contribution >= 4 is 14.7 Å². The number of hydrogen-bond acceptors (Lipinski definition) is 7. The maximum Gasteiger partial charge on any atom is 0.527 e. The van der Waals surface area contributed by atoms with Crippen LogP contribution in [0.2, 0.25) is 6.04 Å². The highest BCUT2D eigenvalue weighted by molar-refractivity contribution is 6.60. The molecule has 0 radical (unpaired) electrons. The van der Waals surface area contributed by atoms with Gasteiger partial charge < -0.3 is 18.6 Å². The number of amides is 1. The first kappa shape index (κ1) is 30.7. The lowest BCUT2D eigenvalue weighted by Gasteiger charge is -2.30. The summed E-state index contributed by atoms with van der Waals surface area (Å²) >= 11 is 0. The summed E-state index contributed by atoms with van der Waals surface area (Å²) < 4.78 is 160. The quantitative estimate of drug-likeness (QED) is 0.162. The molecule has 0 aliphatic heterocycles. The molecule has 32 heavy (non-hydrogen) atoms. The van der Waals surface area contributed by atoms with Crippen LogP contribution in [0.5, 0.6) is 0 Å². The van der Waals surface area contributed by atoms with Crippen LogP contribution in [-0.4, -0.2) is 73.6 Å². The SMILES string of the molecule is CO[Si](CCCNC(=O)C(F)(F)OC(F)(F)OC(F)(F)C(F)(F)OC(F)(F)F)(OC)OC. The topological polar surface area (TPSA) is 84.5 Å². The van der Waals surface area contributed by atoms with E-state index in [-0.39, 0.29) is 12.5 Å². The molecule has 0 aliphatic rings. The van der Waals surface area contributed by atoms with Gasteiger partial charge in [0.25, 0.3) is 0 Å². The molecular weight excluding hydrogens is 507 g/mol. The summed E-state index contributed by atoms with van der Waals surface area (Å²) in [4.78, 5) is 11.3. The summed E-state index contributed by atoms with van der Waals surface area (Å²) in [6, 6.07) is -0.0665. The molecule has 0 aromatic carbocycles. The largest absolute Gasteiger partial charge is 0.527 e. The number of carbonyl (C=O) groups excluding carboxylic acids is 1. The lowest BCUT2D eigenvalue weighted by atomic mass is 10.4. The lowest BCUT2D eigenvalue weighted by molar-refractivity contribution is -0.568. The third-order valence-electron chi connectivity index (χ3n) is 3.22. The van der Waals surface area contributed by atoms with Crippen molar-refractivity contribution in [1.82, 2.24) is 5.32 Å². The number of alkyl halides is 11. The zero-order chi connectivity index (χ0) is 25.6. The molecule has 0 aromatic rings. The molecule has 20 heteroatoms. The second kappa shape index (κ2) is 10.7. The van der Waals surface area contributed by atoms with Crippen molar-refractivity contribution in [2.45, 2.75) is 43.4 Å². The van der Waals surface area contributed by atoms with Gasteiger partial charge in [0.05, 0.1) is 0 Å². The summed E-state index contributed by atoms with van der Waals surface area (Å²) in [5, 5.41) is 1.36. The molecule has 1 amide bonds. The standard InChI is InChI=1S/C12H16F11NO7Si/c1-26-32(27-2,28-3)6-4-5-24-7(25)8(13,14)29-12(22,23)31-10(17,18)9(15,16)30-11(19,20)21/h4-6H2,1-3H3,(H,24,25). The molecule has 0 fully saturated rings. The Morgan fingerprint density at radius 1 is 0.750 bits per heavy atom. The van der Waals surface area contributed by atoms with Crippen molar-refractivity contribution in [3.8, 4) is 0 Å². The van der Waals surface area contributed by atoms with Crippen molar-refractivity contribution in [3.05, 3.63) is 0 Å². The van der Waals surface area contributed by atoms with Crippen LogP contribution in [0.1, 0.15) is 6.42 Å². The van der Waals surface area contributed by atoms with Gasteiger partial charge in [0.15, 0.2) is 0 Å². The van der Waals surface area contributed by atoms with Crippen LogP contribution in [0.4, 0.5) is 48.3 Å². The molecule has 0 heterocycles. The average Bonchev–Trinajstić information content (AvgIpc) is 2.58. The number of nitrogens with one attached hydrogen (secondary N) is 1. The van der Waals surface area contributed by atoms with Gasteiger partial charge in [-0.1, -0.05) is 0 Å². The van der Waals surface area contributed by atoms with E-state index in [0.29, 0.717) is 0 Å². The second-order valence-electron chi connectivity index (χ2n) is 5.42. The molecule has 8 nitrogen and oxygen atoms in total. The van der Waals surface area contributed by atoms with E-state index in [9.17, 15) is 53.1 Å². The molecule has 0 aromatic heterocycles. The van der Waals surface area contributed by atoms with Gasteiger partial charge in [0.2, 0.25) is 0 Å². The fourth-order valence-electron chi connectivity index (χ4n) is 1.80. The number of hydrogen-bond donors (Lipinski definition) is 1. The number of rotatable bonds is 14. The molecule has 0 bridgehead atoms. The van der Waals surface area contributed by atoms with Gasteiger partial charge in [0, 0.05) is 33.9 Å². The minimum absolute atomic E-state index is 0.0665. The molecule has 0 unspecified atom stereocenters. The molecule has 192 valence electrons. The fraction of sp³-hybridized carbons (Fsp3) is 0.917. The Bertz CT molecular complexity index is 608. The summed E-state index contributed by atoms with van der Waals surface area (Å²) in [6.07, 6.45) is -32.3. The van der Waals surface area contributed by atoms with Gasteiger partial charge in [-0.3, -0.25) is 4.79 Å². The van der Waals surface area contributed by atoms with Crippen molar-refractivity contribution in [2.75, 3.05) is 27.9 Å². The molecule has 0 saturated carbocycles. The Morgan fingerprint density at radius 3 is 1.59 bits per heavy atom. The summed E-state index contributed by atoms with van der Waals surface area (Å²) in [6.45, 7) is -0.664. The number of carbonyl (C=O) groups is 1. The maximum atomic E-state index is 13.4. The van der Waals surface area contributed by atoms with E-state index in [4.69, 9.17) is 13.3 Å². The van der Waals surface area contributed by atoms with Crippen molar-refractivity contribution < 1.29 is 80.6 Å². The van der Waals surface area contributed by atoms with Crippen molar-refractivity contribution in [1.29, 1.82) is 0 Å². The molecule has 0 spiro atoms. The summed E-state index contributed by atoms with van der Waals surface area (Å²) in [7, 11) is 0.394. The summed E-state index contributed by atoms with van der Waals surface area (Å²) in [5.41, 5.74) is 0. The second-order valence-corrected chi connectivity index (χ2v) is 8.51. The van der Waals surface area contributed by atoms with Gasteiger partial charge in [0.1, 0.15) is 0 Å². The molecule has 0 aliphatic carbocycles. The predicted octanol–water partition coefficient (Wildman–Crippen LogP) is 3.27. The molecule has 1 N–H and O–H groups in total. The van der Waals surface area contributed by atoms with Crippen LogP contribution < -0.4 is 5.32 Å². The number of halogens is 11. The van der Waals surface area contributed by atoms with E-state index in [1.54, 1.807) is 4.74 Å². The monoisotopic (exact) mass is 523 g/mol. The Balaban J connectivity index is 5.02. The first-order valence-electron chi connectivity index (χ1n) is 7.80. The normalized spacial score (nSPS) is 14.6. The van der Waals surface area contributed by atoms with Crippen LogP contribution in [0.3, 0.4) is 0 Å². The zero-order valence-electron chi connectivity index (χ0n) is 16.1. The van der Waals surface area contributed by atoms with Crippen molar-refractivity contribution in [3.63, 3.8) is 0 Å². The summed E-state index contributed by atoms with van der Waals surface area (Å²) in [5.74, 6) is -2.65. The Hall–Kier alpha value is -1.32. The zero-order valence-corrected chi connectivity index (χ0v) is 17.1. The Labute approximate surface area is 173 Å². The molecular formula is C12H16F11NO7Si. The number of ether oxygens (including phenoxy) is 3. The average molecular weight is 523 g/mol. The van der Waals surface area contributed by atoms with Crippen LogP contribution in [0.15, 0.2) is 0 Å². The molecule has 0 saturated heterocycles. The first-order chi connectivity index (χ1) is 14.2. The molecule has 0 rings (SSSR count). The van der Waals surface area contributed by atoms with Crippen LogP contribution in [-0.2, 0) is 32.3 Å². The van der Waals surface area contributed by atoms with E-state index >= 15 is 0 Å². The van der Waals surface area contributed by atoms with E-state index < -0.39 is 52.2 Å². The smallest absolute Gasteiger partial charge is 0.377 e. The van der Waals surface area contributed by atoms with Gasteiger partial charge in [-0.05, 0) is 6.42 Å². The van der Waals surface area contributed by atoms with E-state index in [2.05, 4.69) is 4.74 Å². The Kier molecular flexibility index (Phi) is 10.3. The highest BCUT2D eigenvalue weighted by Gasteiger charge is 2.69. The minimum atomic E-state index is -6.83. The van der Waals surface area contributed by atoms with Crippen LogP contribution in [0, 0.1) is 0 Å².